The maximum Gasteiger partial charge on any atom is 0.0601 e. The molecular weight excluding hydrogens is 264 g/mol. The fourth-order valence-electron chi connectivity index (χ4n) is 3.68. The minimum Gasteiger partial charge on any atom is -0.383 e. The number of hydrogen-bond donors (Lipinski definition) is 0. The summed E-state index contributed by atoms with van der Waals surface area (Å²) in [5.41, 5.74) is 0. The first-order chi connectivity index (χ1) is 10.2. The monoisotopic (exact) mass is 298 g/mol. The molecule has 0 aromatic carbocycles. The summed E-state index contributed by atoms with van der Waals surface area (Å²) in [6.07, 6.45) is 5.87. The van der Waals surface area contributed by atoms with Gasteiger partial charge in [-0.2, -0.15) is 0 Å². The first-order valence-electron chi connectivity index (χ1n) is 8.77. The quantitative estimate of drug-likeness (QED) is 0.719. The zero-order valence-electron chi connectivity index (χ0n) is 14.2. The van der Waals surface area contributed by atoms with Gasteiger partial charge in [0.25, 0.3) is 0 Å². The normalized spacial score (nSPS) is 32.4. The lowest BCUT2D eigenvalue weighted by Gasteiger charge is -2.40. The number of nitrogens with zero attached hydrogens (tertiary/aromatic N) is 2. The Bertz CT molecular complexity index is 288. The second kappa shape index (κ2) is 9.09. The summed E-state index contributed by atoms with van der Waals surface area (Å²) < 4.78 is 11.3. The maximum atomic E-state index is 6.15. The summed E-state index contributed by atoms with van der Waals surface area (Å²) in [4.78, 5) is 5.09. The van der Waals surface area contributed by atoms with Crippen molar-refractivity contribution in [3.63, 3.8) is 0 Å². The summed E-state index contributed by atoms with van der Waals surface area (Å²) >= 11 is 0. The first kappa shape index (κ1) is 17.2. The van der Waals surface area contributed by atoms with E-state index in [-0.39, 0.29) is 0 Å². The smallest absolute Gasteiger partial charge is 0.0601 e. The molecule has 1 aliphatic carbocycles. The van der Waals surface area contributed by atoms with E-state index in [1.54, 1.807) is 7.11 Å². The van der Waals surface area contributed by atoms with Crippen LogP contribution in [0.1, 0.15) is 39.5 Å². The van der Waals surface area contributed by atoms with Gasteiger partial charge >= 0.3 is 0 Å². The SMILES string of the molecule is COCCN1CCN(CCO[C@@H]2CCCC[C@H]2C)C[C@@H]1C. The molecule has 2 aliphatic rings. The molecule has 2 fully saturated rings. The van der Waals surface area contributed by atoms with Crippen LogP contribution >= 0.6 is 0 Å². The van der Waals surface area contributed by atoms with Crippen LogP contribution in [-0.2, 0) is 9.47 Å². The van der Waals surface area contributed by atoms with Crippen molar-refractivity contribution >= 4 is 0 Å². The molecule has 1 saturated heterocycles. The van der Waals surface area contributed by atoms with Gasteiger partial charge in [0.2, 0.25) is 0 Å². The second-order valence-electron chi connectivity index (χ2n) is 6.85. The number of rotatable bonds is 7. The molecule has 124 valence electrons. The Morgan fingerprint density at radius 2 is 1.81 bits per heavy atom. The molecule has 3 atom stereocenters. The van der Waals surface area contributed by atoms with E-state index in [4.69, 9.17) is 9.47 Å². The lowest BCUT2D eigenvalue weighted by molar-refractivity contribution is -0.0228. The molecule has 0 unspecified atom stereocenters. The van der Waals surface area contributed by atoms with Crippen molar-refractivity contribution in [1.29, 1.82) is 0 Å². The highest BCUT2D eigenvalue weighted by Gasteiger charge is 2.24. The summed E-state index contributed by atoms with van der Waals surface area (Å²) in [5.74, 6) is 0.753. The van der Waals surface area contributed by atoms with E-state index in [0.717, 1.165) is 51.9 Å². The van der Waals surface area contributed by atoms with Crippen molar-refractivity contribution < 1.29 is 9.47 Å². The Hall–Kier alpha value is -0.160. The lowest BCUT2D eigenvalue weighted by Crippen LogP contribution is -2.53. The van der Waals surface area contributed by atoms with Gasteiger partial charge in [0.1, 0.15) is 0 Å². The molecule has 0 spiro atoms. The second-order valence-corrected chi connectivity index (χ2v) is 6.85. The first-order valence-corrected chi connectivity index (χ1v) is 8.77. The zero-order chi connectivity index (χ0) is 15.1. The van der Waals surface area contributed by atoms with Gasteiger partial charge in [-0.15, -0.1) is 0 Å². The van der Waals surface area contributed by atoms with E-state index in [0.29, 0.717) is 12.1 Å². The highest BCUT2D eigenvalue weighted by atomic mass is 16.5. The van der Waals surface area contributed by atoms with E-state index in [2.05, 4.69) is 23.6 Å². The molecule has 0 aromatic heterocycles. The number of methoxy groups -OCH3 is 1. The van der Waals surface area contributed by atoms with Crippen LogP contribution in [-0.4, -0.2) is 75.0 Å². The van der Waals surface area contributed by atoms with Gasteiger partial charge in [0.05, 0.1) is 19.3 Å². The van der Waals surface area contributed by atoms with Crippen LogP contribution < -0.4 is 0 Å². The number of piperazine rings is 1. The molecule has 1 heterocycles. The Labute approximate surface area is 130 Å². The van der Waals surface area contributed by atoms with Crippen LogP contribution in [0, 0.1) is 5.92 Å². The van der Waals surface area contributed by atoms with Crippen molar-refractivity contribution in [2.24, 2.45) is 5.92 Å². The van der Waals surface area contributed by atoms with Crippen molar-refractivity contribution in [2.75, 3.05) is 53.0 Å². The third-order valence-corrected chi connectivity index (χ3v) is 5.20. The molecule has 0 aromatic rings. The molecule has 1 saturated carbocycles. The molecule has 0 bridgehead atoms. The molecular formula is C17H34N2O2. The molecule has 1 aliphatic heterocycles. The average molecular weight is 298 g/mol. The van der Waals surface area contributed by atoms with E-state index in [1.165, 1.54) is 25.7 Å². The average Bonchev–Trinajstić information content (AvgIpc) is 2.48. The Morgan fingerprint density at radius 1 is 1.00 bits per heavy atom. The van der Waals surface area contributed by atoms with Crippen molar-refractivity contribution in [3.05, 3.63) is 0 Å². The van der Waals surface area contributed by atoms with Gasteiger partial charge in [-0.3, -0.25) is 9.80 Å². The topological polar surface area (TPSA) is 24.9 Å². The molecule has 0 radical (unpaired) electrons. The van der Waals surface area contributed by atoms with Gasteiger partial charge < -0.3 is 9.47 Å². The highest BCUT2D eigenvalue weighted by molar-refractivity contribution is 4.79. The summed E-state index contributed by atoms with van der Waals surface area (Å²) in [7, 11) is 1.78. The summed E-state index contributed by atoms with van der Waals surface area (Å²) in [5, 5.41) is 0. The zero-order valence-corrected chi connectivity index (χ0v) is 14.2. The molecule has 4 nitrogen and oxygen atoms in total. The van der Waals surface area contributed by atoms with Crippen LogP contribution in [0.4, 0.5) is 0 Å². The Balaban J connectivity index is 1.61. The Morgan fingerprint density at radius 3 is 2.52 bits per heavy atom. The predicted octanol–water partition coefficient (Wildman–Crippen LogP) is 2.23. The van der Waals surface area contributed by atoms with E-state index < -0.39 is 0 Å². The van der Waals surface area contributed by atoms with Gasteiger partial charge in [-0.05, 0) is 25.7 Å². The van der Waals surface area contributed by atoms with Crippen LogP contribution in [0.5, 0.6) is 0 Å². The molecule has 2 rings (SSSR count). The minimum absolute atomic E-state index is 0.513. The van der Waals surface area contributed by atoms with Crippen LogP contribution in [0.2, 0.25) is 0 Å². The van der Waals surface area contributed by atoms with Gasteiger partial charge in [-0.25, -0.2) is 0 Å². The lowest BCUT2D eigenvalue weighted by atomic mass is 9.88. The van der Waals surface area contributed by atoms with E-state index in [1.807, 2.05) is 0 Å². The third-order valence-electron chi connectivity index (χ3n) is 5.20. The predicted molar refractivity (Wildman–Crippen MR) is 86.7 cm³/mol. The van der Waals surface area contributed by atoms with Crippen molar-refractivity contribution in [2.45, 2.75) is 51.7 Å². The fraction of sp³-hybridized carbons (Fsp3) is 1.00. The molecule has 21 heavy (non-hydrogen) atoms. The van der Waals surface area contributed by atoms with E-state index in [9.17, 15) is 0 Å². The standard InChI is InChI=1S/C17H34N2O2/c1-15-6-4-5-7-17(15)21-13-10-18-8-9-19(11-12-20-3)16(2)14-18/h15-17H,4-14H2,1-3H3/t15-,16+,17-/m1/s1. The number of hydrogen-bond acceptors (Lipinski definition) is 4. The maximum absolute atomic E-state index is 6.15. The molecule has 0 N–H and O–H groups in total. The van der Waals surface area contributed by atoms with Gasteiger partial charge in [0.15, 0.2) is 0 Å². The minimum atomic E-state index is 0.513. The van der Waals surface area contributed by atoms with Crippen LogP contribution in [0.15, 0.2) is 0 Å². The van der Waals surface area contributed by atoms with Crippen LogP contribution in [0.3, 0.4) is 0 Å². The van der Waals surface area contributed by atoms with Gasteiger partial charge in [0, 0.05) is 45.9 Å². The largest absolute Gasteiger partial charge is 0.383 e. The third kappa shape index (κ3) is 5.51. The number of ether oxygens (including phenoxy) is 2. The molecule has 0 amide bonds. The van der Waals surface area contributed by atoms with Crippen molar-refractivity contribution in [1.82, 2.24) is 9.80 Å². The van der Waals surface area contributed by atoms with E-state index >= 15 is 0 Å². The summed E-state index contributed by atoms with van der Waals surface area (Å²) in [6, 6.07) is 0.627. The van der Waals surface area contributed by atoms with Gasteiger partial charge in [-0.1, -0.05) is 19.8 Å². The fourth-order valence-corrected chi connectivity index (χ4v) is 3.68. The molecule has 4 heteroatoms. The summed E-state index contributed by atoms with van der Waals surface area (Å²) in [6.45, 7) is 12.0. The highest BCUT2D eigenvalue weighted by Crippen LogP contribution is 2.26. The van der Waals surface area contributed by atoms with Crippen molar-refractivity contribution in [3.8, 4) is 0 Å². The Kier molecular flexibility index (Phi) is 7.44. The van der Waals surface area contributed by atoms with Crippen LogP contribution in [0.25, 0.3) is 0 Å².